The molecule has 0 atom stereocenters. The molecule has 4 heteroatoms. The number of hydrogen-bond acceptors (Lipinski definition) is 4. The zero-order valence-corrected chi connectivity index (χ0v) is 11.2. The fourth-order valence-corrected chi connectivity index (χ4v) is 3.01. The summed E-state index contributed by atoms with van der Waals surface area (Å²) in [7, 11) is 0. The van der Waals surface area contributed by atoms with E-state index in [1.165, 1.54) is 0 Å². The Balaban J connectivity index is 2.19. The van der Waals surface area contributed by atoms with Gasteiger partial charge in [-0.1, -0.05) is 19.9 Å². The van der Waals surface area contributed by atoms with E-state index in [1.807, 2.05) is 12.1 Å². The van der Waals surface area contributed by atoms with Crippen LogP contribution >= 0.6 is 0 Å². The lowest BCUT2D eigenvalue weighted by atomic mass is 9.69. The molecule has 0 saturated heterocycles. The van der Waals surface area contributed by atoms with Crippen LogP contribution in [0, 0.1) is 0 Å². The van der Waals surface area contributed by atoms with E-state index in [-0.39, 0.29) is 12.3 Å². The van der Waals surface area contributed by atoms with E-state index in [0.717, 1.165) is 41.9 Å². The summed E-state index contributed by atoms with van der Waals surface area (Å²) >= 11 is 0. The minimum absolute atomic E-state index is 0.266. The Morgan fingerprint density at radius 2 is 2.11 bits per heavy atom. The lowest BCUT2D eigenvalue weighted by molar-refractivity contribution is 0.172. The molecule has 0 aromatic heterocycles. The molecule has 4 nitrogen and oxygen atoms in total. The zero-order valence-electron chi connectivity index (χ0n) is 11.2. The number of ether oxygens (including phenoxy) is 2. The summed E-state index contributed by atoms with van der Waals surface area (Å²) in [4.78, 5) is 14.9. The summed E-state index contributed by atoms with van der Waals surface area (Å²) in [5, 5.41) is 0. The Morgan fingerprint density at radius 3 is 2.68 bits per heavy atom. The van der Waals surface area contributed by atoms with Gasteiger partial charge in [-0.05, 0) is 36.8 Å². The molecular weight excluding hydrogens is 242 g/mol. The van der Waals surface area contributed by atoms with Gasteiger partial charge in [0.2, 0.25) is 12.9 Å². The van der Waals surface area contributed by atoms with Gasteiger partial charge in [-0.25, -0.2) is 4.79 Å². The van der Waals surface area contributed by atoms with E-state index in [2.05, 4.69) is 18.8 Å². The van der Waals surface area contributed by atoms with Gasteiger partial charge in [0.15, 0.2) is 11.5 Å². The molecule has 1 saturated carbocycles. The average molecular weight is 259 g/mol. The van der Waals surface area contributed by atoms with E-state index in [1.54, 1.807) is 6.08 Å². The highest BCUT2D eigenvalue weighted by molar-refractivity contribution is 5.56. The van der Waals surface area contributed by atoms with Crippen molar-refractivity contribution in [2.75, 3.05) is 6.79 Å². The third kappa shape index (κ3) is 1.75. The molecule has 100 valence electrons. The van der Waals surface area contributed by atoms with Crippen LogP contribution in [-0.4, -0.2) is 12.9 Å². The van der Waals surface area contributed by atoms with Crippen molar-refractivity contribution in [2.24, 2.45) is 4.99 Å². The Labute approximate surface area is 112 Å². The second kappa shape index (κ2) is 4.39. The van der Waals surface area contributed by atoms with Gasteiger partial charge in [0.25, 0.3) is 0 Å². The number of fused-ring (bicyclic) bond motifs is 1. The largest absolute Gasteiger partial charge is 0.454 e. The number of aliphatic imine (C=N–C) groups is 1. The predicted molar refractivity (Wildman–Crippen MR) is 70.3 cm³/mol. The van der Waals surface area contributed by atoms with Gasteiger partial charge in [0.1, 0.15) is 0 Å². The maximum absolute atomic E-state index is 10.8. The molecule has 1 aliphatic heterocycles. The molecular formula is C15H17NO3. The summed E-state index contributed by atoms with van der Waals surface area (Å²) in [6.45, 7) is 4.51. The van der Waals surface area contributed by atoms with Crippen molar-refractivity contribution in [3.63, 3.8) is 0 Å². The minimum Gasteiger partial charge on any atom is -0.454 e. The molecule has 1 aliphatic carbocycles. The van der Waals surface area contributed by atoms with Crippen LogP contribution in [0.2, 0.25) is 0 Å². The first-order valence-electron chi connectivity index (χ1n) is 6.70. The highest BCUT2D eigenvalue weighted by atomic mass is 16.7. The Kier molecular flexibility index (Phi) is 2.83. The molecule has 2 aliphatic rings. The van der Waals surface area contributed by atoms with Crippen LogP contribution in [0.4, 0.5) is 0 Å². The fourth-order valence-electron chi connectivity index (χ4n) is 3.01. The molecule has 0 spiro atoms. The van der Waals surface area contributed by atoms with Crippen LogP contribution in [0.1, 0.15) is 50.2 Å². The summed E-state index contributed by atoms with van der Waals surface area (Å²) in [6, 6.07) is 3.95. The monoisotopic (exact) mass is 259 g/mol. The highest BCUT2D eigenvalue weighted by Gasteiger charge is 2.42. The first-order chi connectivity index (χ1) is 9.18. The van der Waals surface area contributed by atoms with Gasteiger partial charge >= 0.3 is 0 Å². The quantitative estimate of drug-likeness (QED) is 0.618. The van der Waals surface area contributed by atoms with Gasteiger partial charge in [-0.2, -0.15) is 4.99 Å². The highest BCUT2D eigenvalue weighted by Crippen LogP contribution is 2.51. The molecule has 19 heavy (non-hydrogen) atoms. The lowest BCUT2D eigenvalue weighted by Gasteiger charge is -2.39. The SMILES string of the molecule is CC(C)c1c(C2(N=C=O)CCC2)ccc2c1OCO2. The number of hydrogen-bond donors (Lipinski definition) is 0. The van der Waals surface area contributed by atoms with Crippen molar-refractivity contribution in [3.8, 4) is 11.5 Å². The zero-order chi connectivity index (χ0) is 13.5. The second-order valence-electron chi connectivity index (χ2n) is 5.50. The van der Waals surface area contributed by atoms with Crippen molar-refractivity contribution in [3.05, 3.63) is 23.3 Å². The lowest BCUT2D eigenvalue weighted by Crippen LogP contribution is -2.33. The van der Waals surface area contributed by atoms with Crippen LogP contribution in [0.5, 0.6) is 11.5 Å². The molecule has 3 rings (SSSR count). The summed E-state index contributed by atoms with van der Waals surface area (Å²) in [6.07, 6.45) is 4.65. The average Bonchev–Trinajstić information content (AvgIpc) is 2.80. The molecule has 1 heterocycles. The minimum atomic E-state index is -0.387. The van der Waals surface area contributed by atoms with Gasteiger partial charge in [-0.3, -0.25) is 0 Å². The van der Waals surface area contributed by atoms with Crippen molar-refractivity contribution in [1.29, 1.82) is 0 Å². The van der Waals surface area contributed by atoms with E-state index < -0.39 is 0 Å². The standard InChI is InChI=1S/C15H17NO3/c1-10(2)13-11(15(16-8-17)6-3-7-15)4-5-12-14(13)19-9-18-12/h4-5,10H,3,6-7,9H2,1-2H3. The summed E-state index contributed by atoms with van der Waals surface area (Å²) in [5.74, 6) is 1.91. The van der Waals surface area contributed by atoms with Gasteiger partial charge in [0, 0.05) is 5.56 Å². The number of isocyanates is 1. The molecule has 0 radical (unpaired) electrons. The number of nitrogens with zero attached hydrogens (tertiary/aromatic N) is 1. The molecule has 1 aromatic rings. The van der Waals surface area contributed by atoms with Crippen molar-refractivity contribution < 1.29 is 14.3 Å². The third-order valence-corrected chi connectivity index (χ3v) is 4.10. The molecule has 0 bridgehead atoms. The summed E-state index contributed by atoms with van der Waals surface area (Å²) < 4.78 is 11.0. The van der Waals surface area contributed by atoms with E-state index in [4.69, 9.17) is 9.47 Å². The first kappa shape index (κ1) is 12.2. The second-order valence-corrected chi connectivity index (χ2v) is 5.50. The normalized spacial score (nSPS) is 18.9. The van der Waals surface area contributed by atoms with Crippen molar-refractivity contribution >= 4 is 6.08 Å². The first-order valence-corrected chi connectivity index (χ1v) is 6.70. The molecule has 0 unspecified atom stereocenters. The van der Waals surface area contributed by atoms with Gasteiger partial charge in [0.05, 0.1) is 5.54 Å². The Hall–Kier alpha value is -1.80. The molecule has 0 amide bonds. The molecule has 0 N–H and O–H groups in total. The van der Waals surface area contributed by atoms with Crippen LogP contribution < -0.4 is 9.47 Å². The van der Waals surface area contributed by atoms with E-state index in [9.17, 15) is 4.79 Å². The number of carbonyl (C=O) groups excluding carboxylic acids is 1. The summed E-state index contributed by atoms with van der Waals surface area (Å²) in [5.41, 5.74) is 1.83. The topological polar surface area (TPSA) is 47.9 Å². The van der Waals surface area contributed by atoms with Crippen LogP contribution in [0.25, 0.3) is 0 Å². The predicted octanol–water partition coefficient (Wildman–Crippen LogP) is 3.25. The van der Waals surface area contributed by atoms with Gasteiger partial charge in [-0.15, -0.1) is 0 Å². The van der Waals surface area contributed by atoms with Crippen LogP contribution in [-0.2, 0) is 10.3 Å². The molecule has 1 aromatic carbocycles. The third-order valence-electron chi connectivity index (χ3n) is 4.10. The Morgan fingerprint density at radius 1 is 1.32 bits per heavy atom. The Bertz CT molecular complexity index is 555. The van der Waals surface area contributed by atoms with E-state index >= 15 is 0 Å². The smallest absolute Gasteiger partial charge is 0.235 e. The molecule has 1 fully saturated rings. The van der Waals surface area contributed by atoms with Crippen molar-refractivity contribution in [2.45, 2.75) is 44.6 Å². The number of benzene rings is 1. The maximum Gasteiger partial charge on any atom is 0.235 e. The van der Waals surface area contributed by atoms with Crippen molar-refractivity contribution in [1.82, 2.24) is 0 Å². The van der Waals surface area contributed by atoms with Crippen LogP contribution in [0.15, 0.2) is 17.1 Å². The van der Waals surface area contributed by atoms with Gasteiger partial charge < -0.3 is 9.47 Å². The number of rotatable bonds is 3. The van der Waals surface area contributed by atoms with Crippen LogP contribution in [0.3, 0.4) is 0 Å². The fraction of sp³-hybridized carbons (Fsp3) is 0.533. The maximum atomic E-state index is 10.8. The van der Waals surface area contributed by atoms with E-state index in [0.29, 0.717) is 5.92 Å².